The van der Waals surface area contributed by atoms with Crippen molar-refractivity contribution in [3.05, 3.63) is 11.8 Å². The van der Waals surface area contributed by atoms with Crippen LogP contribution in [0.2, 0.25) is 0 Å². The number of rotatable bonds is 2. The lowest BCUT2D eigenvalue weighted by atomic mass is 10.4. The summed E-state index contributed by atoms with van der Waals surface area (Å²) in [6, 6.07) is 1.72. The Morgan fingerprint density at radius 3 is 2.90 bits per heavy atom. The van der Waals surface area contributed by atoms with Gasteiger partial charge in [0.15, 0.2) is 0 Å². The van der Waals surface area contributed by atoms with Crippen LogP contribution in [-0.2, 0) is 6.54 Å². The highest BCUT2D eigenvalue weighted by atomic mass is 19.1. The SMILES string of the molecule is Cc1cc(N)nn1CCF. The number of halogens is 1. The van der Waals surface area contributed by atoms with Gasteiger partial charge in [0.2, 0.25) is 0 Å². The van der Waals surface area contributed by atoms with Crippen LogP contribution in [0.3, 0.4) is 0 Å². The van der Waals surface area contributed by atoms with Gasteiger partial charge in [-0.2, -0.15) is 5.10 Å². The van der Waals surface area contributed by atoms with Crippen molar-refractivity contribution in [3.63, 3.8) is 0 Å². The molecule has 0 unspecified atom stereocenters. The molecule has 0 radical (unpaired) electrons. The van der Waals surface area contributed by atoms with Crippen molar-refractivity contribution >= 4 is 5.82 Å². The molecule has 0 atom stereocenters. The zero-order valence-electron chi connectivity index (χ0n) is 5.84. The first-order valence-corrected chi connectivity index (χ1v) is 3.10. The Kier molecular flexibility index (Phi) is 1.89. The van der Waals surface area contributed by atoms with Crippen molar-refractivity contribution in [2.45, 2.75) is 13.5 Å². The summed E-state index contributed by atoms with van der Waals surface area (Å²) in [7, 11) is 0. The monoisotopic (exact) mass is 143 g/mol. The number of nitrogen functional groups attached to an aromatic ring is 1. The van der Waals surface area contributed by atoms with Gasteiger partial charge in [-0.15, -0.1) is 0 Å². The van der Waals surface area contributed by atoms with Gasteiger partial charge in [0.25, 0.3) is 0 Å². The van der Waals surface area contributed by atoms with Crippen LogP contribution in [0, 0.1) is 6.92 Å². The van der Waals surface area contributed by atoms with Crippen LogP contribution >= 0.6 is 0 Å². The van der Waals surface area contributed by atoms with Crippen LogP contribution < -0.4 is 5.73 Å². The third kappa shape index (κ3) is 1.26. The summed E-state index contributed by atoms with van der Waals surface area (Å²) < 4.78 is 13.3. The highest BCUT2D eigenvalue weighted by Gasteiger charge is 1.98. The molecule has 1 aromatic rings. The molecule has 0 aliphatic heterocycles. The van der Waals surface area contributed by atoms with Crippen LogP contribution in [0.25, 0.3) is 0 Å². The second kappa shape index (κ2) is 2.68. The number of nitrogens with two attached hydrogens (primary N) is 1. The zero-order valence-corrected chi connectivity index (χ0v) is 5.84. The van der Waals surface area contributed by atoms with E-state index in [1.807, 2.05) is 6.92 Å². The minimum absolute atomic E-state index is 0.295. The Hall–Kier alpha value is -1.06. The molecule has 0 amide bonds. The van der Waals surface area contributed by atoms with Gasteiger partial charge in [-0.3, -0.25) is 4.68 Å². The van der Waals surface area contributed by atoms with Gasteiger partial charge in [0, 0.05) is 11.8 Å². The Bertz CT molecular complexity index is 219. The summed E-state index contributed by atoms with van der Waals surface area (Å²) in [4.78, 5) is 0. The molecular weight excluding hydrogens is 133 g/mol. The van der Waals surface area contributed by atoms with E-state index in [-0.39, 0.29) is 0 Å². The second-order valence-corrected chi connectivity index (χ2v) is 2.12. The molecule has 56 valence electrons. The fourth-order valence-corrected chi connectivity index (χ4v) is 0.842. The Labute approximate surface area is 58.6 Å². The average Bonchev–Trinajstić information content (AvgIpc) is 2.13. The lowest BCUT2D eigenvalue weighted by molar-refractivity contribution is 0.423. The van der Waals surface area contributed by atoms with E-state index in [9.17, 15) is 4.39 Å². The normalized spacial score (nSPS) is 10.2. The third-order valence-electron chi connectivity index (χ3n) is 1.30. The summed E-state index contributed by atoms with van der Waals surface area (Å²) in [6.07, 6.45) is 0. The predicted molar refractivity (Wildman–Crippen MR) is 37.4 cm³/mol. The molecule has 4 heteroatoms. The van der Waals surface area contributed by atoms with Crippen LogP contribution in [0.4, 0.5) is 10.2 Å². The molecule has 10 heavy (non-hydrogen) atoms. The molecule has 0 aliphatic rings. The lowest BCUT2D eigenvalue weighted by Gasteiger charge is -1.97. The van der Waals surface area contributed by atoms with E-state index in [4.69, 9.17) is 5.73 Å². The highest BCUT2D eigenvalue weighted by Crippen LogP contribution is 2.03. The summed E-state index contributed by atoms with van der Waals surface area (Å²) in [5.41, 5.74) is 6.25. The van der Waals surface area contributed by atoms with Gasteiger partial charge in [0.1, 0.15) is 12.5 Å². The van der Waals surface area contributed by atoms with E-state index in [0.717, 1.165) is 5.69 Å². The summed E-state index contributed by atoms with van der Waals surface area (Å²) in [5, 5.41) is 3.85. The maximum absolute atomic E-state index is 11.8. The minimum Gasteiger partial charge on any atom is -0.382 e. The van der Waals surface area contributed by atoms with E-state index >= 15 is 0 Å². The molecule has 0 bridgehead atoms. The number of alkyl halides is 1. The molecule has 0 aromatic carbocycles. The molecular formula is C6H10FN3. The second-order valence-electron chi connectivity index (χ2n) is 2.12. The summed E-state index contributed by atoms with van der Waals surface area (Å²) in [5.74, 6) is 0.450. The Morgan fingerprint density at radius 1 is 1.80 bits per heavy atom. The fraction of sp³-hybridized carbons (Fsp3) is 0.500. The quantitative estimate of drug-likeness (QED) is 0.663. The van der Waals surface area contributed by atoms with Crippen molar-refractivity contribution in [2.24, 2.45) is 0 Å². The first-order valence-electron chi connectivity index (χ1n) is 3.10. The van der Waals surface area contributed by atoms with Gasteiger partial charge in [-0.25, -0.2) is 4.39 Å². The van der Waals surface area contributed by atoms with Crippen LogP contribution in [0.1, 0.15) is 5.69 Å². The molecule has 0 saturated carbocycles. The van der Waals surface area contributed by atoms with E-state index in [0.29, 0.717) is 12.4 Å². The maximum atomic E-state index is 11.8. The smallest absolute Gasteiger partial charge is 0.145 e. The van der Waals surface area contributed by atoms with Crippen LogP contribution in [0.5, 0.6) is 0 Å². The standard InChI is InChI=1S/C6H10FN3/c1-5-4-6(8)9-10(5)3-2-7/h4H,2-3H2,1H3,(H2,8,9). The number of anilines is 1. The summed E-state index contributed by atoms with van der Waals surface area (Å²) in [6.45, 7) is 1.74. The first kappa shape index (κ1) is 7.05. The number of aromatic nitrogens is 2. The molecule has 2 N–H and O–H groups in total. The summed E-state index contributed by atoms with van der Waals surface area (Å²) >= 11 is 0. The highest BCUT2D eigenvalue weighted by molar-refractivity contribution is 5.28. The van der Waals surface area contributed by atoms with Crippen molar-refractivity contribution in [3.8, 4) is 0 Å². The largest absolute Gasteiger partial charge is 0.382 e. The molecule has 1 heterocycles. The minimum atomic E-state index is -0.401. The van der Waals surface area contributed by atoms with Crippen molar-refractivity contribution in [1.29, 1.82) is 0 Å². The van der Waals surface area contributed by atoms with E-state index in [2.05, 4.69) is 5.10 Å². The zero-order chi connectivity index (χ0) is 7.56. The third-order valence-corrected chi connectivity index (χ3v) is 1.30. The molecule has 1 aromatic heterocycles. The van der Waals surface area contributed by atoms with Crippen molar-refractivity contribution < 1.29 is 4.39 Å². The topological polar surface area (TPSA) is 43.8 Å². The first-order chi connectivity index (χ1) is 4.74. The van der Waals surface area contributed by atoms with Gasteiger partial charge in [0.05, 0.1) is 6.54 Å². The molecule has 3 nitrogen and oxygen atoms in total. The van der Waals surface area contributed by atoms with Gasteiger partial charge >= 0.3 is 0 Å². The fourth-order valence-electron chi connectivity index (χ4n) is 0.842. The van der Waals surface area contributed by atoms with Crippen LogP contribution in [-0.4, -0.2) is 16.5 Å². The number of hydrogen-bond donors (Lipinski definition) is 1. The van der Waals surface area contributed by atoms with Gasteiger partial charge in [-0.05, 0) is 6.92 Å². The Balaban J connectivity index is 2.81. The number of nitrogens with zero attached hydrogens (tertiary/aromatic N) is 2. The molecule has 0 saturated heterocycles. The molecule has 0 fully saturated rings. The van der Waals surface area contributed by atoms with Crippen LogP contribution in [0.15, 0.2) is 6.07 Å². The predicted octanol–water partition coefficient (Wildman–Crippen LogP) is 0.743. The Morgan fingerprint density at radius 2 is 2.50 bits per heavy atom. The number of aryl methyl sites for hydroxylation is 2. The number of hydrogen-bond acceptors (Lipinski definition) is 2. The van der Waals surface area contributed by atoms with E-state index in [1.165, 1.54) is 0 Å². The molecule has 0 aliphatic carbocycles. The average molecular weight is 143 g/mol. The lowest BCUT2D eigenvalue weighted by Crippen LogP contribution is -2.03. The van der Waals surface area contributed by atoms with Gasteiger partial charge < -0.3 is 5.73 Å². The van der Waals surface area contributed by atoms with E-state index in [1.54, 1.807) is 10.7 Å². The molecule has 0 spiro atoms. The maximum Gasteiger partial charge on any atom is 0.145 e. The van der Waals surface area contributed by atoms with Gasteiger partial charge in [-0.1, -0.05) is 0 Å². The van der Waals surface area contributed by atoms with Crippen molar-refractivity contribution in [2.75, 3.05) is 12.4 Å². The van der Waals surface area contributed by atoms with E-state index < -0.39 is 6.67 Å². The molecule has 1 rings (SSSR count). The van der Waals surface area contributed by atoms with Crippen molar-refractivity contribution in [1.82, 2.24) is 9.78 Å².